The average molecular weight is 494 g/mol. The van der Waals surface area contributed by atoms with Crippen molar-refractivity contribution in [2.45, 2.75) is 31.6 Å². The zero-order valence-electron chi connectivity index (χ0n) is 18.0. The van der Waals surface area contributed by atoms with Crippen LogP contribution in [0, 0.1) is 5.82 Å². The number of fused-ring (bicyclic) bond motifs is 1. The van der Waals surface area contributed by atoms with Crippen LogP contribution in [0.4, 0.5) is 4.39 Å². The summed E-state index contributed by atoms with van der Waals surface area (Å²) in [7, 11) is 0. The Balaban J connectivity index is 1.22. The molecule has 0 aliphatic carbocycles. The number of aliphatic hydroxyl groups excluding tert-OH is 1. The van der Waals surface area contributed by atoms with E-state index >= 15 is 0 Å². The highest BCUT2D eigenvalue weighted by atomic mass is 35.5. The number of nitrogens with zero attached hydrogens (tertiary/aromatic N) is 1. The molecule has 3 aromatic rings. The number of rotatable bonds is 8. The zero-order valence-corrected chi connectivity index (χ0v) is 19.5. The van der Waals surface area contributed by atoms with Gasteiger partial charge in [0, 0.05) is 50.4 Å². The highest BCUT2D eigenvalue weighted by Crippen LogP contribution is 2.28. The Labute approximate surface area is 201 Å². The number of β-amino-alcohol motifs (C(OH)–C–C–N with tert-alkyl or cyclic N) is 1. The summed E-state index contributed by atoms with van der Waals surface area (Å²) in [6.07, 6.45) is 2.85. The van der Waals surface area contributed by atoms with E-state index < -0.39 is 6.10 Å². The molecule has 3 N–H and O–H groups in total. The number of hydrogen-bond donors (Lipinski definition) is 3. The van der Waals surface area contributed by atoms with Crippen molar-refractivity contribution in [3.8, 4) is 5.75 Å². The standard InChI is InChI=1S/C24H26Cl2FN3O3/c25-22-4-2-19(10-23(22)26)33-18-5-7-30(8-6-18)14-17(31)13-28-11-15-12-29-24(32)20-3-1-16(27)9-21(15)20/h1-4,9-10,12,17-18,28,31H,5-8,11,13-14H2,(H,29,32)/t17-/m1/s1. The second-order valence-electron chi connectivity index (χ2n) is 8.31. The van der Waals surface area contributed by atoms with Crippen molar-refractivity contribution in [3.05, 3.63) is 74.4 Å². The molecule has 9 heteroatoms. The molecule has 2 heterocycles. The van der Waals surface area contributed by atoms with E-state index in [0.717, 1.165) is 31.5 Å². The number of likely N-dealkylation sites (tertiary alicyclic amines) is 1. The van der Waals surface area contributed by atoms with Crippen LogP contribution in [0.2, 0.25) is 10.0 Å². The van der Waals surface area contributed by atoms with Crippen molar-refractivity contribution < 1.29 is 14.2 Å². The van der Waals surface area contributed by atoms with Crippen molar-refractivity contribution >= 4 is 34.0 Å². The van der Waals surface area contributed by atoms with Gasteiger partial charge in [0.15, 0.2) is 0 Å². The summed E-state index contributed by atoms with van der Waals surface area (Å²) in [4.78, 5) is 16.8. The van der Waals surface area contributed by atoms with Gasteiger partial charge in [0.05, 0.1) is 16.1 Å². The predicted molar refractivity (Wildman–Crippen MR) is 129 cm³/mol. The van der Waals surface area contributed by atoms with Gasteiger partial charge < -0.3 is 25.0 Å². The number of nitrogens with one attached hydrogen (secondary N) is 2. The minimum absolute atomic E-state index is 0.0997. The number of piperidine rings is 1. The van der Waals surface area contributed by atoms with Crippen molar-refractivity contribution in [1.82, 2.24) is 15.2 Å². The van der Waals surface area contributed by atoms with Crippen LogP contribution in [0.15, 0.2) is 47.4 Å². The fourth-order valence-electron chi connectivity index (χ4n) is 4.12. The highest BCUT2D eigenvalue weighted by Gasteiger charge is 2.22. The number of hydrogen-bond acceptors (Lipinski definition) is 5. The number of benzene rings is 2. The van der Waals surface area contributed by atoms with E-state index in [2.05, 4.69) is 15.2 Å². The number of H-pyrrole nitrogens is 1. The topological polar surface area (TPSA) is 77.6 Å². The molecular weight excluding hydrogens is 468 g/mol. The molecule has 0 radical (unpaired) electrons. The lowest BCUT2D eigenvalue weighted by atomic mass is 10.1. The normalized spacial score (nSPS) is 16.2. The van der Waals surface area contributed by atoms with Crippen molar-refractivity contribution in [2.24, 2.45) is 0 Å². The molecule has 6 nitrogen and oxygen atoms in total. The fraction of sp³-hybridized carbons (Fsp3) is 0.375. The second-order valence-corrected chi connectivity index (χ2v) is 9.13. The van der Waals surface area contributed by atoms with E-state index in [-0.39, 0.29) is 17.5 Å². The van der Waals surface area contributed by atoms with Crippen LogP contribution in [0.1, 0.15) is 18.4 Å². The van der Waals surface area contributed by atoms with Crippen molar-refractivity contribution in [1.29, 1.82) is 0 Å². The molecule has 176 valence electrons. The Morgan fingerprint density at radius 1 is 1.15 bits per heavy atom. The molecule has 0 bridgehead atoms. The first-order chi connectivity index (χ1) is 15.9. The summed E-state index contributed by atoms with van der Waals surface area (Å²) in [5, 5.41) is 15.7. The van der Waals surface area contributed by atoms with Gasteiger partial charge in [-0.3, -0.25) is 4.79 Å². The van der Waals surface area contributed by atoms with Gasteiger partial charge in [-0.05, 0) is 54.1 Å². The third-order valence-corrected chi connectivity index (χ3v) is 6.58. The summed E-state index contributed by atoms with van der Waals surface area (Å²) in [5.41, 5.74) is 0.525. The number of halogens is 3. The summed E-state index contributed by atoms with van der Waals surface area (Å²) in [5.74, 6) is 0.322. The Bertz CT molecular complexity index is 1170. The zero-order chi connectivity index (χ0) is 23.4. The van der Waals surface area contributed by atoms with E-state index in [0.29, 0.717) is 46.2 Å². The minimum Gasteiger partial charge on any atom is -0.490 e. The molecule has 0 amide bonds. The van der Waals surface area contributed by atoms with E-state index in [1.54, 1.807) is 18.3 Å². The van der Waals surface area contributed by atoms with Gasteiger partial charge in [0.2, 0.25) is 0 Å². The van der Waals surface area contributed by atoms with Gasteiger partial charge in [0.1, 0.15) is 17.7 Å². The number of aromatic amines is 1. The lowest BCUT2D eigenvalue weighted by molar-refractivity contribution is 0.0611. The Morgan fingerprint density at radius 3 is 2.70 bits per heavy atom. The molecule has 0 spiro atoms. The molecule has 0 saturated carbocycles. The molecule has 1 atom stereocenters. The van der Waals surface area contributed by atoms with Gasteiger partial charge in [-0.25, -0.2) is 4.39 Å². The first-order valence-corrected chi connectivity index (χ1v) is 11.7. The van der Waals surface area contributed by atoms with Crippen LogP contribution >= 0.6 is 23.2 Å². The van der Waals surface area contributed by atoms with Crippen LogP contribution in [0.25, 0.3) is 10.8 Å². The molecule has 1 aromatic heterocycles. The van der Waals surface area contributed by atoms with Gasteiger partial charge in [-0.15, -0.1) is 0 Å². The molecule has 1 aliphatic heterocycles. The smallest absolute Gasteiger partial charge is 0.255 e. The average Bonchev–Trinajstić information content (AvgIpc) is 2.79. The molecule has 2 aromatic carbocycles. The molecule has 1 saturated heterocycles. The predicted octanol–water partition coefficient (Wildman–Crippen LogP) is 3.97. The first kappa shape index (κ1) is 24.0. The van der Waals surface area contributed by atoms with E-state index in [1.807, 2.05) is 6.07 Å². The summed E-state index contributed by atoms with van der Waals surface area (Å²) >= 11 is 12.0. The number of aromatic nitrogens is 1. The van der Waals surface area contributed by atoms with Crippen LogP contribution in [-0.4, -0.2) is 53.4 Å². The Morgan fingerprint density at radius 2 is 1.94 bits per heavy atom. The van der Waals surface area contributed by atoms with Gasteiger partial charge >= 0.3 is 0 Å². The first-order valence-electron chi connectivity index (χ1n) is 10.9. The summed E-state index contributed by atoms with van der Waals surface area (Å²) in [6.45, 7) is 3.00. The van der Waals surface area contributed by atoms with E-state index in [4.69, 9.17) is 27.9 Å². The SMILES string of the molecule is O=c1[nH]cc(CNC[C@@H](O)CN2CCC(Oc3ccc(Cl)c(Cl)c3)CC2)c2cc(F)ccc12. The molecule has 1 fully saturated rings. The third kappa shape index (κ3) is 6.25. The van der Waals surface area contributed by atoms with Crippen molar-refractivity contribution in [2.75, 3.05) is 26.2 Å². The third-order valence-electron chi connectivity index (χ3n) is 5.84. The lowest BCUT2D eigenvalue weighted by Gasteiger charge is -2.33. The number of aliphatic hydroxyl groups is 1. The molecular formula is C24H26Cl2FN3O3. The summed E-state index contributed by atoms with van der Waals surface area (Å²) < 4.78 is 19.7. The van der Waals surface area contributed by atoms with Crippen LogP contribution in [0.5, 0.6) is 5.75 Å². The van der Waals surface area contributed by atoms with Crippen LogP contribution < -0.4 is 15.6 Å². The lowest BCUT2D eigenvalue weighted by Crippen LogP contribution is -2.44. The quantitative estimate of drug-likeness (QED) is 0.442. The second kappa shape index (κ2) is 10.8. The number of pyridine rings is 1. The molecule has 0 unspecified atom stereocenters. The summed E-state index contributed by atoms with van der Waals surface area (Å²) in [6, 6.07) is 9.39. The van der Waals surface area contributed by atoms with Gasteiger partial charge in [-0.1, -0.05) is 23.2 Å². The Hall–Kier alpha value is -2.16. The molecule has 4 rings (SSSR count). The molecule has 33 heavy (non-hydrogen) atoms. The van der Waals surface area contributed by atoms with E-state index in [1.165, 1.54) is 18.2 Å². The maximum atomic E-state index is 13.6. The highest BCUT2D eigenvalue weighted by molar-refractivity contribution is 6.42. The van der Waals surface area contributed by atoms with E-state index in [9.17, 15) is 14.3 Å². The van der Waals surface area contributed by atoms with Gasteiger partial charge in [0.25, 0.3) is 5.56 Å². The Kier molecular flexibility index (Phi) is 7.88. The fourth-order valence-corrected chi connectivity index (χ4v) is 4.41. The largest absolute Gasteiger partial charge is 0.490 e. The maximum absolute atomic E-state index is 13.6. The monoisotopic (exact) mass is 493 g/mol. The van der Waals surface area contributed by atoms with Crippen LogP contribution in [0.3, 0.4) is 0 Å². The minimum atomic E-state index is -0.552. The van der Waals surface area contributed by atoms with Crippen LogP contribution in [-0.2, 0) is 6.54 Å². The maximum Gasteiger partial charge on any atom is 0.255 e. The molecule has 1 aliphatic rings. The number of ether oxygens (including phenoxy) is 1. The van der Waals surface area contributed by atoms with Crippen molar-refractivity contribution in [3.63, 3.8) is 0 Å². The van der Waals surface area contributed by atoms with Gasteiger partial charge in [-0.2, -0.15) is 0 Å².